The predicted octanol–water partition coefficient (Wildman–Crippen LogP) is -0.670. The summed E-state index contributed by atoms with van der Waals surface area (Å²) in [4.78, 5) is 58.0. The zero-order chi connectivity index (χ0) is 25.9. The van der Waals surface area contributed by atoms with Gasteiger partial charge in [0.15, 0.2) is 11.2 Å². The third-order valence-electron chi connectivity index (χ3n) is 5.63. The SMILES string of the molecule is COC(=O)C(C)(C)[C@H](N)C(=O)OCCC(=O)OC[C@H]1O[C@@H](n2cnc3c(=O)[nH]c(N)nc32)C[C@@H]1F. The lowest BCUT2D eigenvalue weighted by Crippen LogP contribution is -2.49. The minimum Gasteiger partial charge on any atom is -0.469 e. The summed E-state index contributed by atoms with van der Waals surface area (Å²) in [6, 6.07) is -1.30. The van der Waals surface area contributed by atoms with Gasteiger partial charge in [-0.1, -0.05) is 0 Å². The number of alkyl halides is 1. The lowest BCUT2D eigenvalue weighted by Gasteiger charge is -2.26. The van der Waals surface area contributed by atoms with Crippen molar-refractivity contribution in [3.8, 4) is 0 Å². The van der Waals surface area contributed by atoms with Crippen molar-refractivity contribution in [1.82, 2.24) is 19.5 Å². The number of methoxy groups -OCH3 is 1. The Bertz CT molecular complexity index is 1160. The van der Waals surface area contributed by atoms with E-state index in [-0.39, 0.29) is 43.2 Å². The fourth-order valence-electron chi connectivity index (χ4n) is 3.42. The van der Waals surface area contributed by atoms with Gasteiger partial charge < -0.3 is 30.4 Å². The topological polar surface area (TPSA) is 204 Å². The maximum Gasteiger partial charge on any atom is 0.324 e. The van der Waals surface area contributed by atoms with Gasteiger partial charge in [0, 0.05) is 6.42 Å². The van der Waals surface area contributed by atoms with Gasteiger partial charge >= 0.3 is 17.9 Å². The molecule has 3 rings (SSSR count). The minimum absolute atomic E-state index is 0.0253. The molecule has 0 radical (unpaired) electrons. The van der Waals surface area contributed by atoms with Gasteiger partial charge in [-0.15, -0.1) is 0 Å². The molecule has 2 aromatic heterocycles. The number of nitrogens with one attached hydrogen (secondary N) is 1. The Morgan fingerprint density at radius 3 is 2.77 bits per heavy atom. The van der Waals surface area contributed by atoms with E-state index in [9.17, 15) is 23.6 Å². The number of hydrogen-bond acceptors (Lipinski definition) is 12. The Balaban J connectivity index is 1.47. The molecule has 15 heteroatoms. The Hall–Kier alpha value is -3.59. The second kappa shape index (κ2) is 10.4. The van der Waals surface area contributed by atoms with Crippen molar-refractivity contribution in [2.24, 2.45) is 11.1 Å². The van der Waals surface area contributed by atoms with Gasteiger partial charge in [-0.2, -0.15) is 4.98 Å². The van der Waals surface area contributed by atoms with E-state index in [0.29, 0.717) is 0 Å². The van der Waals surface area contributed by atoms with Crippen LogP contribution in [-0.4, -0.2) is 76.1 Å². The Morgan fingerprint density at radius 2 is 2.09 bits per heavy atom. The number of imidazole rings is 1. The van der Waals surface area contributed by atoms with Crippen LogP contribution in [0.25, 0.3) is 11.2 Å². The molecule has 2 aromatic rings. The molecule has 14 nitrogen and oxygen atoms in total. The van der Waals surface area contributed by atoms with E-state index in [1.54, 1.807) is 0 Å². The summed E-state index contributed by atoms with van der Waals surface area (Å²) in [6.45, 7) is 2.12. The number of nitrogens with two attached hydrogens (primary N) is 2. The molecule has 3 heterocycles. The van der Waals surface area contributed by atoms with Crippen molar-refractivity contribution in [2.75, 3.05) is 26.1 Å². The highest BCUT2D eigenvalue weighted by Crippen LogP contribution is 2.32. The monoisotopic (exact) mass is 498 g/mol. The van der Waals surface area contributed by atoms with Crippen LogP contribution >= 0.6 is 0 Å². The van der Waals surface area contributed by atoms with Crippen LogP contribution in [0.15, 0.2) is 11.1 Å². The number of halogens is 1. The number of hydrogen-bond donors (Lipinski definition) is 3. The van der Waals surface area contributed by atoms with E-state index >= 15 is 0 Å². The lowest BCUT2D eigenvalue weighted by atomic mass is 9.85. The molecule has 4 atom stereocenters. The predicted molar refractivity (Wildman–Crippen MR) is 116 cm³/mol. The smallest absolute Gasteiger partial charge is 0.324 e. The number of aromatic nitrogens is 4. The van der Waals surface area contributed by atoms with Crippen LogP contribution in [0, 0.1) is 5.41 Å². The fourth-order valence-corrected chi connectivity index (χ4v) is 3.42. The van der Waals surface area contributed by atoms with Crippen LogP contribution in [0.2, 0.25) is 0 Å². The number of carbonyl (C=O) groups excluding carboxylic acids is 3. The molecule has 0 aromatic carbocycles. The summed E-state index contributed by atoms with van der Waals surface area (Å²) in [5.41, 5.74) is 9.62. The highest BCUT2D eigenvalue weighted by atomic mass is 19.1. The Morgan fingerprint density at radius 1 is 1.37 bits per heavy atom. The summed E-state index contributed by atoms with van der Waals surface area (Å²) in [5.74, 6) is -2.46. The van der Waals surface area contributed by atoms with Crippen LogP contribution in [0.1, 0.15) is 32.9 Å². The summed E-state index contributed by atoms with van der Waals surface area (Å²) < 4.78 is 36.1. The fraction of sp³-hybridized carbons (Fsp3) is 0.600. The molecule has 35 heavy (non-hydrogen) atoms. The molecule has 1 aliphatic heterocycles. The van der Waals surface area contributed by atoms with Crippen molar-refractivity contribution < 1.29 is 37.7 Å². The molecule has 5 N–H and O–H groups in total. The van der Waals surface area contributed by atoms with Gasteiger partial charge in [-0.3, -0.25) is 28.7 Å². The number of fused-ring (bicyclic) bond motifs is 1. The number of nitrogens with zero attached hydrogens (tertiary/aromatic N) is 3. The molecular weight excluding hydrogens is 471 g/mol. The van der Waals surface area contributed by atoms with Crippen LogP contribution in [0.3, 0.4) is 0 Å². The summed E-state index contributed by atoms with van der Waals surface area (Å²) >= 11 is 0. The van der Waals surface area contributed by atoms with Gasteiger partial charge in [0.2, 0.25) is 5.95 Å². The first-order valence-corrected chi connectivity index (χ1v) is 10.6. The third kappa shape index (κ3) is 5.57. The average molecular weight is 498 g/mol. The molecule has 0 saturated carbocycles. The molecule has 1 aliphatic rings. The van der Waals surface area contributed by atoms with Crippen LogP contribution in [-0.2, 0) is 33.3 Å². The van der Waals surface area contributed by atoms with Crippen LogP contribution in [0.5, 0.6) is 0 Å². The number of esters is 3. The number of anilines is 1. The van der Waals surface area contributed by atoms with Gasteiger partial charge in [-0.25, -0.2) is 9.37 Å². The number of nitrogen functional groups attached to an aromatic ring is 1. The largest absolute Gasteiger partial charge is 0.469 e. The second-order valence-corrected chi connectivity index (χ2v) is 8.45. The van der Waals surface area contributed by atoms with Crippen molar-refractivity contribution in [3.63, 3.8) is 0 Å². The molecule has 0 bridgehead atoms. The second-order valence-electron chi connectivity index (χ2n) is 8.45. The van der Waals surface area contributed by atoms with Gasteiger partial charge in [0.25, 0.3) is 5.56 Å². The third-order valence-corrected chi connectivity index (χ3v) is 5.63. The van der Waals surface area contributed by atoms with Crippen molar-refractivity contribution in [3.05, 3.63) is 16.7 Å². The highest BCUT2D eigenvalue weighted by Gasteiger charge is 2.41. The van der Waals surface area contributed by atoms with Crippen molar-refractivity contribution in [2.45, 2.75) is 51.2 Å². The first kappa shape index (κ1) is 26.0. The molecule has 1 fully saturated rings. The number of H-pyrrole nitrogens is 1. The van der Waals surface area contributed by atoms with E-state index in [4.69, 9.17) is 25.7 Å². The van der Waals surface area contributed by atoms with Crippen molar-refractivity contribution >= 4 is 35.0 Å². The Labute approximate surface area is 198 Å². The van der Waals surface area contributed by atoms with Gasteiger partial charge in [0.05, 0.1) is 25.3 Å². The zero-order valence-electron chi connectivity index (χ0n) is 19.4. The van der Waals surface area contributed by atoms with E-state index in [1.165, 1.54) is 31.9 Å². The van der Waals surface area contributed by atoms with Crippen LogP contribution < -0.4 is 17.0 Å². The molecular formula is C20H27FN6O8. The number of rotatable bonds is 9. The maximum absolute atomic E-state index is 14.5. The molecule has 0 unspecified atom stereocenters. The Kier molecular flexibility index (Phi) is 7.70. The first-order valence-electron chi connectivity index (χ1n) is 10.6. The molecule has 0 spiro atoms. The van der Waals surface area contributed by atoms with E-state index < -0.39 is 53.4 Å². The number of ether oxygens (including phenoxy) is 4. The van der Waals surface area contributed by atoms with Crippen molar-refractivity contribution in [1.29, 1.82) is 0 Å². The molecule has 0 aliphatic carbocycles. The standard InChI is InChI=1S/C20H27FN6O8/c1-20(2,18(31)32-3)14(22)17(30)33-5-4-12(28)34-7-10-9(21)6-11(35-10)27-8-24-13-15(27)25-19(23)26-16(13)29/h8-11,14H,4-7,22H2,1-3H3,(H3,23,25,26,29)/t9-,10+,11+,14+/m0/s1. The normalized spacial score (nSPS) is 21.0. The molecule has 0 amide bonds. The quantitative estimate of drug-likeness (QED) is 0.291. The minimum atomic E-state index is -1.47. The summed E-state index contributed by atoms with van der Waals surface area (Å²) in [7, 11) is 1.17. The highest BCUT2D eigenvalue weighted by molar-refractivity contribution is 5.87. The molecule has 192 valence electrons. The molecule has 1 saturated heterocycles. The van der Waals surface area contributed by atoms with Gasteiger partial charge in [0.1, 0.15) is 37.8 Å². The first-order chi connectivity index (χ1) is 16.4. The summed E-state index contributed by atoms with van der Waals surface area (Å²) in [6.07, 6.45) is -2.50. The summed E-state index contributed by atoms with van der Waals surface area (Å²) in [5, 5.41) is 0. The maximum atomic E-state index is 14.5. The zero-order valence-corrected chi connectivity index (χ0v) is 19.4. The van der Waals surface area contributed by atoms with E-state index in [2.05, 4.69) is 19.7 Å². The number of carbonyl (C=O) groups is 3. The average Bonchev–Trinajstić information content (AvgIpc) is 3.39. The van der Waals surface area contributed by atoms with E-state index in [0.717, 1.165) is 0 Å². The number of aromatic amines is 1. The van der Waals surface area contributed by atoms with E-state index in [1.807, 2.05) is 0 Å². The lowest BCUT2D eigenvalue weighted by molar-refractivity contribution is -0.162. The van der Waals surface area contributed by atoms with Gasteiger partial charge in [-0.05, 0) is 13.8 Å². The van der Waals surface area contributed by atoms with Crippen LogP contribution in [0.4, 0.5) is 10.3 Å².